The molecule has 17 heavy (non-hydrogen) atoms. The molecule has 5 nitrogen and oxygen atoms in total. The smallest absolute Gasteiger partial charge is 0.264 e. The summed E-state index contributed by atoms with van der Waals surface area (Å²) in [5.74, 6) is 1.73. The molecule has 0 unspecified atom stereocenters. The van der Waals surface area contributed by atoms with Crippen molar-refractivity contribution in [1.29, 1.82) is 0 Å². The summed E-state index contributed by atoms with van der Waals surface area (Å²) in [5, 5.41) is 6.20. The van der Waals surface area contributed by atoms with Crippen LogP contribution in [-0.2, 0) is 13.1 Å². The van der Waals surface area contributed by atoms with Gasteiger partial charge < -0.3 is 4.90 Å². The second kappa shape index (κ2) is 3.96. The maximum atomic E-state index is 12.2. The van der Waals surface area contributed by atoms with Crippen LogP contribution in [0.1, 0.15) is 21.3 Å². The van der Waals surface area contributed by atoms with Gasteiger partial charge in [-0.3, -0.25) is 4.79 Å². The van der Waals surface area contributed by atoms with Crippen molar-refractivity contribution in [3.05, 3.63) is 34.0 Å². The van der Waals surface area contributed by atoms with E-state index in [1.54, 1.807) is 0 Å². The first-order valence-corrected chi connectivity index (χ1v) is 6.35. The SMILES string of the molecule is Cc1nc2n(n1)CCN(C(=O)c1cccs1)C2. The van der Waals surface area contributed by atoms with Crippen molar-refractivity contribution >= 4 is 17.2 Å². The zero-order valence-corrected chi connectivity index (χ0v) is 10.3. The summed E-state index contributed by atoms with van der Waals surface area (Å²) in [6.45, 7) is 3.86. The molecule has 3 heterocycles. The van der Waals surface area contributed by atoms with Gasteiger partial charge >= 0.3 is 0 Å². The maximum Gasteiger partial charge on any atom is 0.264 e. The average Bonchev–Trinajstić information content (AvgIpc) is 2.94. The fraction of sp³-hybridized carbons (Fsp3) is 0.364. The number of aromatic nitrogens is 3. The van der Waals surface area contributed by atoms with E-state index in [0.29, 0.717) is 13.1 Å². The summed E-state index contributed by atoms with van der Waals surface area (Å²) in [6.07, 6.45) is 0. The molecule has 0 aliphatic carbocycles. The molecule has 0 spiro atoms. The number of carbonyl (C=O) groups is 1. The lowest BCUT2D eigenvalue weighted by molar-refractivity contribution is 0.0707. The van der Waals surface area contributed by atoms with Crippen molar-refractivity contribution in [2.24, 2.45) is 0 Å². The Balaban J connectivity index is 1.82. The number of fused-ring (bicyclic) bond motifs is 1. The summed E-state index contributed by atoms with van der Waals surface area (Å²) in [4.78, 5) is 19.1. The molecule has 1 aliphatic heterocycles. The minimum Gasteiger partial charge on any atom is -0.329 e. The normalized spacial score (nSPS) is 14.8. The molecule has 0 atom stereocenters. The Labute approximate surface area is 103 Å². The van der Waals surface area contributed by atoms with Gasteiger partial charge in [0.15, 0.2) is 0 Å². The highest BCUT2D eigenvalue weighted by atomic mass is 32.1. The highest BCUT2D eigenvalue weighted by molar-refractivity contribution is 7.12. The molecule has 0 saturated heterocycles. The Morgan fingerprint density at radius 3 is 3.12 bits per heavy atom. The third kappa shape index (κ3) is 1.84. The van der Waals surface area contributed by atoms with E-state index in [-0.39, 0.29) is 5.91 Å². The van der Waals surface area contributed by atoms with Crippen molar-refractivity contribution in [2.45, 2.75) is 20.0 Å². The Hall–Kier alpha value is -1.69. The molecular weight excluding hydrogens is 236 g/mol. The van der Waals surface area contributed by atoms with Crippen molar-refractivity contribution in [3.8, 4) is 0 Å². The number of hydrogen-bond acceptors (Lipinski definition) is 4. The van der Waals surface area contributed by atoms with E-state index in [4.69, 9.17) is 0 Å². The summed E-state index contributed by atoms with van der Waals surface area (Å²) in [5.41, 5.74) is 0. The Morgan fingerprint density at radius 2 is 2.35 bits per heavy atom. The van der Waals surface area contributed by atoms with Gasteiger partial charge in [0, 0.05) is 6.54 Å². The van der Waals surface area contributed by atoms with Gasteiger partial charge in [-0.2, -0.15) is 5.10 Å². The summed E-state index contributed by atoms with van der Waals surface area (Å²) < 4.78 is 1.88. The van der Waals surface area contributed by atoms with Gasteiger partial charge in [-0.05, 0) is 18.4 Å². The number of hydrogen-bond donors (Lipinski definition) is 0. The van der Waals surface area contributed by atoms with Crippen LogP contribution in [0.25, 0.3) is 0 Å². The predicted octanol–water partition coefficient (Wildman–Crippen LogP) is 1.30. The number of nitrogens with zero attached hydrogens (tertiary/aromatic N) is 4. The van der Waals surface area contributed by atoms with Crippen LogP contribution >= 0.6 is 11.3 Å². The van der Waals surface area contributed by atoms with Gasteiger partial charge in [0.05, 0.1) is 18.0 Å². The molecule has 2 aromatic rings. The van der Waals surface area contributed by atoms with Crippen molar-refractivity contribution in [1.82, 2.24) is 19.7 Å². The van der Waals surface area contributed by atoms with E-state index in [1.165, 1.54) is 11.3 Å². The average molecular weight is 248 g/mol. The number of aryl methyl sites for hydroxylation is 1. The van der Waals surface area contributed by atoms with Gasteiger partial charge in [0.2, 0.25) is 0 Å². The largest absolute Gasteiger partial charge is 0.329 e. The lowest BCUT2D eigenvalue weighted by Gasteiger charge is -2.26. The molecule has 0 N–H and O–H groups in total. The molecule has 3 rings (SSSR count). The number of thiophene rings is 1. The molecule has 0 fully saturated rings. The van der Waals surface area contributed by atoms with Gasteiger partial charge in [-0.1, -0.05) is 6.07 Å². The van der Waals surface area contributed by atoms with E-state index >= 15 is 0 Å². The second-order valence-electron chi connectivity index (χ2n) is 4.00. The van der Waals surface area contributed by atoms with Gasteiger partial charge in [0.25, 0.3) is 5.91 Å². The Bertz CT molecular complexity index is 546. The first-order chi connectivity index (χ1) is 8.24. The van der Waals surface area contributed by atoms with Crippen LogP contribution in [0, 0.1) is 6.92 Å². The Kier molecular flexibility index (Phi) is 2.44. The zero-order chi connectivity index (χ0) is 11.8. The van der Waals surface area contributed by atoms with E-state index in [1.807, 2.05) is 34.0 Å². The molecule has 1 aliphatic rings. The van der Waals surface area contributed by atoms with Crippen LogP contribution < -0.4 is 0 Å². The molecule has 1 amide bonds. The van der Waals surface area contributed by atoms with E-state index in [9.17, 15) is 4.79 Å². The summed E-state index contributed by atoms with van der Waals surface area (Å²) in [6, 6.07) is 3.76. The molecule has 6 heteroatoms. The van der Waals surface area contributed by atoms with Crippen molar-refractivity contribution < 1.29 is 4.79 Å². The Morgan fingerprint density at radius 1 is 1.47 bits per heavy atom. The minimum absolute atomic E-state index is 0.0897. The first kappa shape index (κ1) is 10.5. The summed E-state index contributed by atoms with van der Waals surface area (Å²) in [7, 11) is 0. The van der Waals surface area contributed by atoms with Crippen LogP contribution in [0.5, 0.6) is 0 Å². The molecule has 2 aromatic heterocycles. The third-order valence-electron chi connectivity index (χ3n) is 2.79. The summed E-state index contributed by atoms with van der Waals surface area (Å²) >= 11 is 1.48. The highest BCUT2D eigenvalue weighted by Crippen LogP contribution is 2.16. The van der Waals surface area contributed by atoms with Gasteiger partial charge in [-0.25, -0.2) is 9.67 Å². The van der Waals surface area contributed by atoms with E-state index in [2.05, 4.69) is 10.1 Å². The second-order valence-corrected chi connectivity index (χ2v) is 4.95. The van der Waals surface area contributed by atoms with Gasteiger partial charge in [-0.15, -0.1) is 11.3 Å². The lowest BCUT2D eigenvalue weighted by Crippen LogP contribution is -2.38. The third-order valence-corrected chi connectivity index (χ3v) is 3.65. The number of amides is 1. The fourth-order valence-electron chi connectivity index (χ4n) is 1.99. The topological polar surface area (TPSA) is 51.0 Å². The predicted molar refractivity (Wildman–Crippen MR) is 63.8 cm³/mol. The first-order valence-electron chi connectivity index (χ1n) is 5.47. The minimum atomic E-state index is 0.0897. The quantitative estimate of drug-likeness (QED) is 0.764. The molecular formula is C11H12N4OS. The molecule has 0 aromatic carbocycles. The van der Waals surface area contributed by atoms with Crippen molar-refractivity contribution in [2.75, 3.05) is 6.54 Å². The van der Waals surface area contributed by atoms with Crippen LogP contribution in [0.4, 0.5) is 0 Å². The fourth-order valence-corrected chi connectivity index (χ4v) is 2.68. The van der Waals surface area contributed by atoms with Crippen LogP contribution in [0.2, 0.25) is 0 Å². The monoisotopic (exact) mass is 248 g/mol. The molecule has 0 bridgehead atoms. The molecule has 0 saturated carbocycles. The van der Waals surface area contributed by atoms with Crippen molar-refractivity contribution in [3.63, 3.8) is 0 Å². The maximum absolute atomic E-state index is 12.2. The van der Waals surface area contributed by atoms with E-state index < -0.39 is 0 Å². The zero-order valence-electron chi connectivity index (χ0n) is 9.46. The molecule has 0 radical (unpaired) electrons. The lowest BCUT2D eigenvalue weighted by atomic mass is 10.3. The number of rotatable bonds is 1. The number of carbonyl (C=O) groups excluding carboxylic acids is 1. The molecule has 88 valence electrons. The van der Waals surface area contributed by atoms with Crippen LogP contribution in [0.3, 0.4) is 0 Å². The van der Waals surface area contributed by atoms with Gasteiger partial charge in [0.1, 0.15) is 11.6 Å². The standard InChI is InChI=1S/C11H12N4OS/c1-8-12-10-7-14(4-5-15(10)13-8)11(16)9-3-2-6-17-9/h2-3,6H,4-5,7H2,1H3. The van der Waals surface area contributed by atoms with E-state index in [0.717, 1.165) is 23.1 Å². The van der Waals surface area contributed by atoms with Crippen LogP contribution in [-0.4, -0.2) is 32.1 Å². The highest BCUT2D eigenvalue weighted by Gasteiger charge is 2.24. The van der Waals surface area contributed by atoms with Crippen LogP contribution in [0.15, 0.2) is 17.5 Å².